The second-order valence-electron chi connectivity index (χ2n) is 8.68. The molecule has 1 unspecified atom stereocenters. The van der Waals surface area contributed by atoms with Crippen molar-refractivity contribution in [3.8, 4) is 0 Å². The highest BCUT2D eigenvalue weighted by atomic mass is 16.5. The summed E-state index contributed by atoms with van der Waals surface area (Å²) in [6.45, 7) is 2.76. The van der Waals surface area contributed by atoms with E-state index < -0.39 is 0 Å². The minimum absolute atomic E-state index is 0.00154. The first kappa shape index (κ1) is 21.1. The van der Waals surface area contributed by atoms with Crippen molar-refractivity contribution >= 4 is 11.9 Å². The molecule has 1 saturated carbocycles. The van der Waals surface area contributed by atoms with Gasteiger partial charge in [-0.3, -0.25) is 4.79 Å². The third-order valence-electron chi connectivity index (χ3n) is 6.66. The Hall–Kier alpha value is -2.16. The lowest BCUT2D eigenvalue weighted by Crippen LogP contribution is -2.46. The largest absolute Gasteiger partial charge is 0.375 e. The third-order valence-corrected chi connectivity index (χ3v) is 6.66. The molecular formula is C21H34N6O3. The fraction of sp³-hybridized carbons (Fsp3) is 0.810. The lowest BCUT2D eigenvalue weighted by atomic mass is 9.96. The molecule has 166 valence electrons. The monoisotopic (exact) mass is 418 g/mol. The molecule has 3 amide bonds. The summed E-state index contributed by atoms with van der Waals surface area (Å²) in [4.78, 5) is 29.1. The Morgan fingerprint density at radius 2 is 1.80 bits per heavy atom. The number of aromatic nitrogens is 3. The second-order valence-corrected chi connectivity index (χ2v) is 8.68. The highest BCUT2D eigenvalue weighted by Crippen LogP contribution is 2.31. The Bertz CT molecular complexity index is 745. The SMILES string of the molecule is COCC(=O)N1CCCCC1c1nnc2n1CCN(C(=O)NC1CCCCC1)CC2. The Morgan fingerprint density at radius 1 is 1.00 bits per heavy atom. The summed E-state index contributed by atoms with van der Waals surface area (Å²) in [5, 5.41) is 12.1. The van der Waals surface area contributed by atoms with Gasteiger partial charge in [-0.25, -0.2) is 4.79 Å². The van der Waals surface area contributed by atoms with Gasteiger partial charge in [0.15, 0.2) is 5.82 Å². The molecule has 0 bridgehead atoms. The van der Waals surface area contributed by atoms with Crippen molar-refractivity contribution in [3.63, 3.8) is 0 Å². The number of nitrogens with zero attached hydrogens (tertiary/aromatic N) is 5. The first-order chi connectivity index (χ1) is 14.7. The molecule has 3 aliphatic rings. The van der Waals surface area contributed by atoms with Gasteiger partial charge in [0.25, 0.3) is 0 Å². The Balaban J connectivity index is 1.43. The van der Waals surface area contributed by atoms with E-state index in [9.17, 15) is 9.59 Å². The van der Waals surface area contributed by atoms with Crippen molar-refractivity contribution in [2.75, 3.05) is 33.4 Å². The zero-order valence-electron chi connectivity index (χ0n) is 18.0. The number of fused-ring (bicyclic) bond motifs is 1. The molecule has 1 aliphatic carbocycles. The summed E-state index contributed by atoms with van der Waals surface area (Å²) in [6.07, 6.45) is 9.50. The molecule has 9 heteroatoms. The van der Waals surface area contributed by atoms with Crippen LogP contribution in [-0.2, 0) is 22.5 Å². The lowest BCUT2D eigenvalue weighted by Gasteiger charge is -2.35. The fourth-order valence-electron chi connectivity index (χ4n) is 5.01. The maximum absolute atomic E-state index is 12.8. The lowest BCUT2D eigenvalue weighted by molar-refractivity contribution is -0.139. The normalized spacial score (nSPS) is 23.0. The molecule has 1 saturated heterocycles. The summed E-state index contributed by atoms with van der Waals surface area (Å²) in [7, 11) is 1.55. The molecule has 1 aromatic heterocycles. The van der Waals surface area contributed by atoms with Gasteiger partial charge < -0.3 is 24.4 Å². The molecule has 1 aromatic rings. The molecule has 2 fully saturated rings. The van der Waals surface area contributed by atoms with E-state index >= 15 is 0 Å². The summed E-state index contributed by atoms with van der Waals surface area (Å²) >= 11 is 0. The highest BCUT2D eigenvalue weighted by molar-refractivity contribution is 5.78. The second kappa shape index (κ2) is 9.76. The van der Waals surface area contributed by atoms with Crippen LogP contribution in [0.25, 0.3) is 0 Å². The van der Waals surface area contributed by atoms with Gasteiger partial charge in [0.05, 0.1) is 6.04 Å². The number of likely N-dealkylation sites (tertiary alicyclic amines) is 1. The smallest absolute Gasteiger partial charge is 0.317 e. The molecule has 1 N–H and O–H groups in total. The average Bonchev–Trinajstić information content (AvgIpc) is 3.05. The van der Waals surface area contributed by atoms with Crippen molar-refractivity contribution in [3.05, 3.63) is 11.6 Å². The molecule has 9 nitrogen and oxygen atoms in total. The Morgan fingerprint density at radius 3 is 2.60 bits per heavy atom. The number of piperidine rings is 1. The molecule has 4 rings (SSSR count). The van der Waals surface area contributed by atoms with Crippen molar-refractivity contribution in [1.29, 1.82) is 0 Å². The first-order valence-corrected chi connectivity index (χ1v) is 11.4. The molecule has 0 aromatic carbocycles. The van der Waals surface area contributed by atoms with E-state index in [1.54, 1.807) is 7.11 Å². The number of amides is 3. The van der Waals surface area contributed by atoms with Crippen LogP contribution in [0.15, 0.2) is 0 Å². The van der Waals surface area contributed by atoms with Crippen LogP contribution in [-0.4, -0.2) is 75.9 Å². The summed E-state index contributed by atoms with van der Waals surface area (Å²) in [5.74, 6) is 1.76. The zero-order chi connectivity index (χ0) is 20.9. The summed E-state index contributed by atoms with van der Waals surface area (Å²) in [6, 6.07) is 0.286. The summed E-state index contributed by atoms with van der Waals surface area (Å²) < 4.78 is 7.21. The van der Waals surface area contributed by atoms with Crippen molar-refractivity contribution in [2.45, 2.75) is 76.4 Å². The van der Waals surface area contributed by atoms with Crippen molar-refractivity contribution < 1.29 is 14.3 Å². The van der Waals surface area contributed by atoms with Gasteiger partial charge in [0.1, 0.15) is 12.4 Å². The number of hydrogen-bond donors (Lipinski definition) is 1. The van der Waals surface area contributed by atoms with Crippen LogP contribution in [0.2, 0.25) is 0 Å². The number of rotatable bonds is 4. The third kappa shape index (κ3) is 4.61. The predicted octanol–water partition coefficient (Wildman–Crippen LogP) is 1.88. The van der Waals surface area contributed by atoms with E-state index in [1.807, 2.05) is 9.80 Å². The van der Waals surface area contributed by atoms with Crippen LogP contribution in [0.5, 0.6) is 0 Å². The molecule has 2 aliphatic heterocycles. The fourth-order valence-corrected chi connectivity index (χ4v) is 5.01. The van der Waals surface area contributed by atoms with Crippen molar-refractivity contribution in [1.82, 2.24) is 29.9 Å². The van der Waals surface area contributed by atoms with Crippen LogP contribution >= 0.6 is 0 Å². The maximum Gasteiger partial charge on any atom is 0.317 e. The number of urea groups is 1. The number of ether oxygens (including phenoxy) is 1. The van der Waals surface area contributed by atoms with Gasteiger partial charge in [-0.1, -0.05) is 19.3 Å². The van der Waals surface area contributed by atoms with Gasteiger partial charge in [-0.2, -0.15) is 0 Å². The van der Waals surface area contributed by atoms with E-state index in [4.69, 9.17) is 4.74 Å². The zero-order valence-corrected chi connectivity index (χ0v) is 18.0. The minimum atomic E-state index is -0.0646. The Labute approximate surface area is 178 Å². The van der Waals surface area contributed by atoms with Crippen LogP contribution in [0.1, 0.15) is 69.1 Å². The van der Waals surface area contributed by atoms with Crippen LogP contribution < -0.4 is 5.32 Å². The number of carbonyl (C=O) groups is 2. The highest BCUT2D eigenvalue weighted by Gasteiger charge is 2.33. The van der Waals surface area contributed by atoms with Gasteiger partial charge in [0, 0.05) is 45.8 Å². The van der Waals surface area contributed by atoms with Gasteiger partial charge in [-0.05, 0) is 32.1 Å². The molecule has 1 atom stereocenters. The molecule has 3 heterocycles. The quantitative estimate of drug-likeness (QED) is 0.806. The first-order valence-electron chi connectivity index (χ1n) is 11.4. The van der Waals surface area contributed by atoms with Gasteiger partial charge in [0.2, 0.25) is 5.91 Å². The van der Waals surface area contributed by atoms with Crippen LogP contribution in [0, 0.1) is 0 Å². The number of hydrogen-bond acceptors (Lipinski definition) is 5. The van der Waals surface area contributed by atoms with E-state index in [-0.39, 0.29) is 24.6 Å². The van der Waals surface area contributed by atoms with Gasteiger partial charge >= 0.3 is 6.03 Å². The van der Waals surface area contributed by atoms with E-state index in [0.717, 1.165) is 50.3 Å². The van der Waals surface area contributed by atoms with E-state index in [2.05, 4.69) is 20.1 Å². The molecule has 30 heavy (non-hydrogen) atoms. The van der Waals surface area contributed by atoms with Crippen molar-refractivity contribution in [2.24, 2.45) is 0 Å². The number of carbonyl (C=O) groups excluding carboxylic acids is 2. The van der Waals surface area contributed by atoms with E-state index in [1.165, 1.54) is 19.3 Å². The van der Waals surface area contributed by atoms with E-state index in [0.29, 0.717) is 32.1 Å². The standard InChI is InChI=1S/C21H34N6O3/c1-30-15-19(28)26-11-6-5-9-17(26)20-24-23-18-10-12-25(13-14-27(18)20)21(29)22-16-7-3-2-4-8-16/h16-17H,2-15H2,1H3,(H,22,29). The topological polar surface area (TPSA) is 92.6 Å². The number of nitrogens with one attached hydrogen (secondary N) is 1. The van der Waals surface area contributed by atoms with Gasteiger partial charge in [-0.15, -0.1) is 10.2 Å². The number of methoxy groups -OCH3 is 1. The molecule has 0 spiro atoms. The molecule has 0 radical (unpaired) electrons. The Kier molecular flexibility index (Phi) is 6.86. The molecular weight excluding hydrogens is 384 g/mol. The minimum Gasteiger partial charge on any atom is -0.375 e. The predicted molar refractivity (Wildman–Crippen MR) is 111 cm³/mol. The maximum atomic E-state index is 12.8. The summed E-state index contributed by atoms with van der Waals surface area (Å²) in [5.41, 5.74) is 0. The van der Waals surface area contributed by atoms with Crippen LogP contribution in [0.4, 0.5) is 4.79 Å². The average molecular weight is 419 g/mol. The van der Waals surface area contributed by atoms with Crippen LogP contribution in [0.3, 0.4) is 0 Å².